The van der Waals surface area contributed by atoms with E-state index in [1.165, 1.54) is 26.7 Å². The molecule has 0 radical (unpaired) electrons. The number of fused-ring (bicyclic) bond motifs is 2. The highest BCUT2D eigenvalue weighted by Crippen LogP contribution is 2.47. The molecule has 35 heavy (non-hydrogen) atoms. The van der Waals surface area contributed by atoms with Gasteiger partial charge in [0.1, 0.15) is 12.1 Å². The molecule has 0 saturated heterocycles. The molecule has 0 spiro atoms. The highest BCUT2D eigenvalue weighted by Gasteiger charge is 2.48. The second kappa shape index (κ2) is 8.46. The third-order valence-electron chi connectivity index (χ3n) is 5.14. The quantitative estimate of drug-likeness (QED) is 0.310. The molecule has 1 unspecified atom stereocenters. The van der Waals surface area contributed by atoms with E-state index in [4.69, 9.17) is 11.6 Å². The standard InChI is InChI=1S/C20H12BrClF3N7O2S/c21-12-6-4-11(5-7-12)16-15-9-26-10-27-17(15)31(14-3-1-2-13(22)8-14)19-29-28-18(32(16)19)30-35(33,34)20(23,24)25/h1-10,16H,(H,28,30). The first-order valence-electron chi connectivity index (χ1n) is 9.72. The number of anilines is 4. The molecule has 9 nitrogen and oxygen atoms in total. The van der Waals surface area contributed by atoms with Gasteiger partial charge in [0.2, 0.25) is 11.9 Å². The predicted molar refractivity (Wildman–Crippen MR) is 125 cm³/mol. The molecule has 15 heteroatoms. The topological polar surface area (TPSA) is 106 Å². The summed E-state index contributed by atoms with van der Waals surface area (Å²) in [5.41, 5.74) is -4.02. The monoisotopic (exact) mass is 585 g/mol. The van der Waals surface area contributed by atoms with E-state index in [1.807, 2.05) is 0 Å². The van der Waals surface area contributed by atoms with E-state index >= 15 is 0 Å². The van der Waals surface area contributed by atoms with E-state index in [0.717, 1.165) is 4.47 Å². The van der Waals surface area contributed by atoms with Crippen LogP contribution in [0.3, 0.4) is 0 Å². The molecule has 5 rings (SSSR count). The van der Waals surface area contributed by atoms with Crippen LogP contribution in [0.15, 0.2) is 65.5 Å². The fourth-order valence-corrected chi connectivity index (χ4v) is 4.64. The Bertz CT molecular complexity index is 1530. The number of nitrogens with zero attached hydrogens (tertiary/aromatic N) is 6. The normalized spacial score (nSPS) is 15.5. The molecule has 1 aliphatic rings. The van der Waals surface area contributed by atoms with Gasteiger partial charge in [0.05, 0.1) is 11.7 Å². The molecule has 1 N–H and O–H groups in total. The summed E-state index contributed by atoms with van der Waals surface area (Å²) in [4.78, 5) is 9.99. The van der Waals surface area contributed by atoms with Gasteiger partial charge in [0.25, 0.3) is 0 Å². The first-order chi connectivity index (χ1) is 16.6. The lowest BCUT2D eigenvalue weighted by molar-refractivity contribution is -0.0429. The molecule has 0 fully saturated rings. The maximum Gasteiger partial charge on any atom is 0.516 e. The molecule has 2 aromatic carbocycles. The second-order valence-electron chi connectivity index (χ2n) is 7.32. The molecule has 0 amide bonds. The van der Waals surface area contributed by atoms with E-state index in [1.54, 1.807) is 48.5 Å². The van der Waals surface area contributed by atoms with Gasteiger partial charge in [-0.1, -0.05) is 45.7 Å². The van der Waals surface area contributed by atoms with Crippen molar-refractivity contribution in [2.24, 2.45) is 0 Å². The number of alkyl halides is 3. The smallest absolute Gasteiger partial charge is 0.266 e. The van der Waals surface area contributed by atoms with Crippen LogP contribution in [0, 0.1) is 0 Å². The zero-order chi connectivity index (χ0) is 25.0. The van der Waals surface area contributed by atoms with Gasteiger partial charge >= 0.3 is 15.5 Å². The van der Waals surface area contributed by atoms with E-state index in [2.05, 4.69) is 36.1 Å². The van der Waals surface area contributed by atoms with Crippen molar-refractivity contribution in [1.29, 1.82) is 0 Å². The van der Waals surface area contributed by atoms with Crippen LogP contribution in [0.4, 0.5) is 36.6 Å². The van der Waals surface area contributed by atoms with Crippen LogP contribution in [0.2, 0.25) is 5.02 Å². The van der Waals surface area contributed by atoms with Crippen molar-refractivity contribution in [2.45, 2.75) is 11.6 Å². The number of benzene rings is 2. The van der Waals surface area contributed by atoms with Crippen molar-refractivity contribution in [3.8, 4) is 0 Å². The first kappa shape index (κ1) is 23.5. The minimum Gasteiger partial charge on any atom is -0.266 e. The van der Waals surface area contributed by atoms with E-state index in [-0.39, 0.29) is 5.95 Å². The van der Waals surface area contributed by atoms with Crippen molar-refractivity contribution in [3.63, 3.8) is 0 Å². The summed E-state index contributed by atoms with van der Waals surface area (Å²) in [5, 5.41) is 8.18. The molecule has 2 aromatic heterocycles. The van der Waals surface area contributed by atoms with Crippen LogP contribution in [0.5, 0.6) is 0 Å². The number of aromatic nitrogens is 5. The third-order valence-corrected chi connectivity index (χ3v) is 6.97. The number of hydrogen-bond donors (Lipinski definition) is 1. The minimum atomic E-state index is -5.78. The maximum absolute atomic E-state index is 13.2. The summed E-state index contributed by atoms with van der Waals surface area (Å²) in [6, 6.07) is 12.7. The zero-order valence-corrected chi connectivity index (χ0v) is 20.3. The third kappa shape index (κ3) is 4.10. The number of hydrogen-bond acceptors (Lipinski definition) is 7. The Hall–Kier alpha value is -3.23. The maximum atomic E-state index is 13.2. The van der Waals surface area contributed by atoms with Gasteiger partial charge in [-0.25, -0.2) is 14.7 Å². The van der Waals surface area contributed by atoms with Crippen LogP contribution < -0.4 is 9.62 Å². The van der Waals surface area contributed by atoms with Crippen LogP contribution in [-0.4, -0.2) is 38.7 Å². The summed E-state index contributed by atoms with van der Waals surface area (Å²) < 4.78 is 67.0. The minimum absolute atomic E-state index is 0.0197. The Morgan fingerprint density at radius 2 is 1.83 bits per heavy atom. The second-order valence-corrected chi connectivity index (χ2v) is 10.3. The fraction of sp³-hybridized carbons (Fsp3) is 0.100. The fourth-order valence-electron chi connectivity index (χ4n) is 3.70. The summed E-state index contributed by atoms with van der Waals surface area (Å²) in [5.74, 6) is -0.238. The number of rotatable bonds is 4. The van der Waals surface area contributed by atoms with Crippen LogP contribution in [0.1, 0.15) is 17.2 Å². The predicted octanol–water partition coefficient (Wildman–Crippen LogP) is 5.17. The van der Waals surface area contributed by atoms with Gasteiger partial charge < -0.3 is 0 Å². The molecule has 1 atom stereocenters. The summed E-state index contributed by atoms with van der Waals surface area (Å²) in [6.45, 7) is 0. The number of nitrogens with one attached hydrogen (secondary N) is 1. The Morgan fingerprint density at radius 1 is 1.09 bits per heavy atom. The van der Waals surface area contributed by atoms with Crippen LogP contribution in [0.25, 0.3) is 0 Å². The molecule has 4 aromatic rings. The molecule has 1 aliphatic heterocycles. The molecule has 3 heterocycles. The van der Waals surface area contributed by atoms with Gasteiger partial charge in [-0.15, -0.1) is 10.2 Å². The van der Waals surface area contributed by atoms with Crippen LogP contribution >= 0.6 is 27.5 Å². The average Bonchev–Trinajstić information content (AvgIpc) is 3.19. The summed E-state index contributed by atoms with van der Waals surface area (Å²) in [7, 11) is -5.78. The van der Waals surface area contributed by atoms with Gasteiger partial charge in [-0.3, -0.25) is 9.47 Å². The highest BCUT2D eigenvalue weighted by molar-refractivity contribution is 9.10. The van der Waals surface area contributed by atoms with Gasteiger partial charge in [0.15, 0.2) is 0 Å². The largest absolute Gasteiger partial charge is 0.516 e. The lowest BCUT2D eigenvalue weighted by Gasteiger charge is -2.35. The lowest BCUT2D eigenvalue weighted by Crippen LogP contribution is -2.33. The Morgan fingerprint density at radius 3 is 2.51 bits per heavy atom. The number of sulfonamides is 1. The lowest BCUT2D eigenvalue weighted by atomic mass is 9.98. The molecular formula is C20H12BrClF3N7O2S. The van der Waals surface area contributed by atoms with E-state index in [0.29, 0.717) is 27.7 Å². The highest BCUT2D eigenvalue weighted by atomic mass is 79.9. The molecule has 0 aliphatic carbocycles. The van der Waals surface area contributed by atoms with Crippen molar-refractivity contribution in [3.05, 3.63) is 81.7 Å². The van der Waals surface area contributed by atoms with E-state index in [9.17, 15) is 21.6 Å². The molecular weight excluding hydrogens is 575 g/mol. The molecule has 180 valence electrons. The van der Waals surface area contributed by atoms with Crippen molar-refractivity contribution in [1.82, 2.24) is 24.7 Å². The van der Waals surface area contributed by atoms with E-state index < -0.39 is 27.5 Å². The van der Waals surface area contributed by atoms with Gasteiger partial charge in [-0.2, -0.15) is 21.6 Å². The van der Waals surface area contributed by atoms with Gasteiger partial charge in [0, 0.05) is 21.3 Å². The van der Waals surface area contributed by atoms with Crippen molar-refractivity contribution < 1.29 is 21.6 Å². The zero-order valence-electron chi connectivity index (χ0n) is 17.1. The Labute approximate surface area is 209 Å². The van der Waals surface area contributed by atoms with Gasteiger partial charge in [-0.05, 0) is 35.9 Å². The van der Waals surface area contributed by atoms with Crippen molar-refractivity contribution >= 4 is 61.0 Å². The summed E-state index contributed by atoms with van der Waals surface area (Å²) >= 11 is 9.53. The summed E-state index contributed by atoms with van der Waals surface area (Å²) in [6.07, 6.45) is 2.81. The van der Waals surface area contributed by atoms with Crippen molar-refractivity contribution in [2.75, 3.05) is 9.62 Å². The number of halogens is 5. The Balaban J connectivity index is 1.78. The Kier molecular flexibility index (Phi) is 5.68. The van der Waals surface area contributed by atoms with Crippen LogP contribution in [-0.2, 0) is 10.0 Å². The first-order valence-corrected chi connectivity index (χ1v) is 12.4. The molecule has 0 bridgehead atoms. The molecule has 0 saturated carbocycles. The average molecular weight is 587 g/mol. The SMILES string of the molecule is O=S(=O)(Nc1nnc2n1C(c1ccc(Br)cc1)c1cncnc1N2c1cccc(Cl)c1)C(F)(F)F.